The third kappa shape index (κ3) is 3.27. The maximum atomic E-state index is 6.44. The first kappa shape index (κ1) is 16.8. The van der Waals surface area contributed by atoms with Crippen molar-refractivity contribution in [3.05, 3.63) is 16.9 Å². The summed E-state index contributed by atoms with van der Waals surface area (Å²) in [6, 6.07) is 0.0925. The van der Waals surface area contributed by atoms with Crippen LogP contribution < -0.4 is 5.32 Å². The molecule has 1 N–H and O–H groups in total. The van der Waals surface area contributed by atoms with Crippen molar-refractivity contribution in [1.82, 2.24) is 15.1 Å². The summed E-state index contributed by atoms with van der Waals surface area (Å²) in [4.78, 5) is 0. The zero-order valence-electron chi connectivity index (χ0n) is 13.7. The molecule has 1 heterocycles. The maximum Gasteiger partial charge on any atom is 0.0888 e. The molecule has 0 aliphatic heterocycles. The Morgan fingerprint density at radius 2 is 2.14 bits per heavy atom. The van der Waals surface area contributed by atoms with Crippen molar-refractivity contribution in [3.63, 3.8) is 0 Å². The molecule has 1 fully saturated rings. The Morgan fingerprint density at radius 3 is 2.67 bits per heavy atom. The van der Waals surface area contributed by atoms with E-state index in [4.69, 9.17) is 16.3 Å². The standard InChI is InChI=1S/C16H28ClN3O/c1-5-18-15(14-13(17)11-19-20(14)6-2)16(21-4)9-7-12(3)8-10-16/h11-12,15,18H,5-10H2,1-4H3. The summed E-state index contributed by atoms with van der Waals surface area (Å²) < 4.78 is 8.05. The summed E-state index contributed by atoms with van der Waals surface area (Å²) in [5.41, 5.74) is 0.886. The molecule has 0 aromatic carbocycles. The molecule has 1 saturated carbocycles. The first-order valence-corrected chi connectivity index (χ1v) is 8.45. The van der Waals surface area contributed by atoms with Crippen LogP contribution in [0.5, 0.6) is 0 Å². The normalized spacial score (nSPS) is 27.8. The smallest absolute Gasteiger partial charge is 0.0888 e. The fourth-order valence-corrected chi connectivity index (χ4v) is 3.76. The highest BCUT2D eigenvalue weighted by atomic mass is 35.5. The van der Waals surface area contributed by atoms with Crippen LogP contribution in [0.3, 0.4) is 0 Å². The molecule has 4 nitrogen and oxygen atoms in total. The third-order valence-electron chi connectivity index (χ3n) is 4.87. The first-order valence-electron chi connectivity index (χ1n) is 8.07. The van der Waals surface area contributed by atoms with Crippen LogP contribution in [0.2, 0.25) is 5.02 Å². The molecule has 0 radical (unpaired) electrons. The van der Waals surface area contributed by atoms with E-state index in [1.807, 2.05) is 11.8 Å². The lowest BCUT2D eigenvalue weighted by Crippen LogP contribution is -2.48. The molecule has 1 aliphatic carbocycles. The second-order valence-electron chi connectivity index (χ2n) is 6.14. The highest BCUT2D eigenvalue weighted by Gasteiger charge is 2.44. The Kier molecular flexibility index (Phi) is 5.69. The molecule has 5 heteroatoms. The molecule has 1 aliphatic rings. The van der Waals surface area contributed by atoms with E-state index in [-0.39, 0.29) is 11.6 Å². The monoisotopic (exact) mass is 313 g/mol. The van der Waals surface area contributed by atoms with Gasteiger partial charge in [-0.05, 0) is 45.1 Å². The van der Waals surface area contributed by atoms with Gasteiger partial charge in [-0.1, -0.05) is 25.4 Å². The molecule has 2 rings (SSSR count). The number of halogens is 1. The average Bonchev–Trinajstić information content (AvgIpc) is 2.87. The quantitative estimate of drug-likeness (QED) is 0.868. The average molecular weight is 314 g/mol. The molecular formula is C16H28ClN3O. The molecule has 1 aromatic rings. The van der Waals surface area contributed by atoms with E-state index in [2.05, 4.69) is 31.2 Å². The molecule has 0 bridgehead atoms. The topological polar surface area (TPSA) is 39.1 Å². The summed E-state index contributed by atoms with van der Waals surface area (Å²) in [7, 11) is 1.83. The van der Waals surface area contributed by atoms with Crippen LogP contribution in [-0.4, -0.2) is 29.0 Å². The Hall–Kier alpha value is -0.580. The predicted octanol–water partition coefficient (Wildman–Crippen LogP) is 3.80. The Bertz CT molecular complexity index is 452. The van der Waals surface area contributed by atoms with E-state index in [0.29, 0.717) is 0 Å². The first-order chi connectivity index (χ1) is 10.1. The highest BCUT2D eigenvalue weighted by Crippen LogP contribution is 2.44. The zero-order chi connectivity index (χ0) is 15.5. The summed E-state index contributed by atoms with van der Waals surface area (Å²) in [5, 5.41) is 8.74. The van der Waals surface area contributed by atoms with E-state index >= 15 is 0 Å². The van der Waals surface area contributed by atoms with Gasteiger partial charge in [0.1, 0.15) is 0 Å². The molecule has 0 amide bonds. The van der Waals surface area contributed by atoms with E-state index in [0.717, 1.165) is 42.6 Å². The van der Waals surface area contributed by atoms with Crippen LogP contribution >= 0.6 is 11.6 Å². The van der Waals surface area contributed by atoms with Crippen molar-refractivity contribution < 1.29 is 4.74 Å². The minimum absolute atomic E-state index is 0.0925. The predicted molar refractivity (Wildman–Crippen MR) is 86.7 cm³/mol. The molecule has 0 spiro atoms. The van der Waals surface area contributed by atoms with E-state index in [9.17, 15) is 0 Å². The highest BCUT2D eigenvalue weighted by molar-refractivity contribution is 6.31. The fraction of sp³-hybridized carbons (Fsp3) is 0.812. The summed E-state index contributed by atoms with van der Waals surface area (Å²) in [6.07, 6.45) is 6.28. The Balaban J connectivity index is 2.39. The summed E-state index contributed by atoms with van der Waals surface area (Å²) in [5.74, 6) is 0.780. The zero-order valence-corrected chi connectivity index (χ0v) is 14.4. The van der Waals surface area contributed by atoms with Crippen LogP contribution in [-0.2, 0) is 11.3 Å². The fourth-order valence-electron chi connectivity index (χ4n) is 3.51. The second-order valence-corrected chi connectivity index (χ2v) is 6.54. The number of hydrogen-bond donors (Lipinski definition) is 1. The lowest BCUT2D eigenvalue weighted by atomic mass is 9.74. The Morgan fingerprint density at radius 1 is 1.48 bits per heavy atom. The van der Waals surface area contributed by atoms with E-state index in [1.54, 1.807) is 6.20 Å². The molecule has 1 aromatic heterocycles. The molecular weight excluding hydrogens is 286 g/mol. The number of aromatic nitrogens is 2. The number of rotatable bonds is 6. The molecule has 120 valence electrons. The number of likely N-dealkylation sites (N-methyl/N-ethyl adjacent to an activating group) is 1. The van der Waals surface area contributed by atoms with Crippen LogP contribution in [0, 0.1) is 5.92 Å². The molecule has 1 atom stereocenters. The molecule has 0 saturated heterocycles. The van der Waals surface area contributed by atoms with Gasteiger partial charge in [-0.15, -0.1) is 0 Å². The number of nitrogens with zero attached hydrogens (tertiary/aromatic N) is 2. The van der Waals surface area contributed by atoms with Crippen LogP contribution in [0.25, 0.3) is 0 Å². The lowest BCUT2D eigenvalue weighted by molar-refractivity contribution is -0.0775. The van der Waals surface area contributed by atoms with Crippen molar-refractivity contribution in [2.45, 2.75) is 64.6 Å². The van der Waals surface area contributed by atoms with Crippen molar-refractivity contribution in [2.24, 2.45) is 5.92 Å². The maximum absolute atomic E-state index is 6.44. The number of aryl methyl sites for hydroxylation is 1. The summed E-state index contributed by atoms with van der Waals surface area (Å²) >= 11 is 6.44. The van der Waals surface area contributed by atoms with Crippen LogP contribution in [0.15, 0.2) is 6.20 Å². The van der Waals surface area contributed by atoms with Gasteiger partial charge in [0.15, 0.2) is 0 Å². The number of methoxy groups -OCH3 is 1. The summed E-state index contributed by atoms with van der Waals surface area (Å²) in [6.45, 7) is 8.25. The van der Waals surface area contributed by atoms with Crippen LogP contribution in [0.4, 0.5) is 0 Å². The third-order valence-corrected chi connectivity index (χ3v) is 5.16. The van der Waals surface area contributed by atoms with Gasteiger partial charge in [0, 0.05) is 13.7 Å². The lowest BCUT2D eigenvalue weighted by Gasteiger charge is -2.44. The van der Waals surface area contributed by atoms with Gasteiger partial charge in [-0.3, -0.25) is 4.68 Å². The van der Waals surface area contributed by atoms with E-state index in [1.165, 1.54) is 12.8 Å². The van der Waals surface area contributed by atoms with Gasteiger partial charge < -0.3 is 10.1 Å². The Labute approximate surface area is 133 Å². The molecule has 21 heavy (non-hydrogen) atoms. The minimum atomic E-state index is -0.181. The van der Waals surface area contributed by atoms with Gasteiger partial charge >= 0.3 is 0 Å². The van der Waals surface area contributed by atoms with Gasteiger partial charge in [0.05, 0.1) is 28.6 Å². The van der Waals surface area contributed by atoms with Gasteiger partial charge in [0.25, 0.3) is 0 Å². The van der Waals surface area contributed by atoms with Crippen LogP contribution in [0.1, 0.15) is 58.2 Å². The van der Waals surface area contributed by atoms with Gasteiger partial charge in [-0.25, -0.2) is 0 Å². The number of hydrogen-bond acceptors (Lipinski definition) is 3. The number of ether oxygens (including phenoxy) is 1. The van der Waals surface area contributed by atoms with E-state index < -0.39 is 0 Å². The van der Waals surface area contributed by atoms with Gasteiger partial charge in [-0.2, -0.15) is 5.10 Å². The van der Waals surface area contributed by atoms with Crippen molar-refractivity contribution in [3.8, 4) is 0 Å². The SMILES string of the molecule is CCNC(c1c(Cl)cnn1CC)C1(OC)CCC(C)CC1. The largest absolute Gasteiger partial charge is 0.376 e. The second kappa shape index (κ2) is 7.12. The van der Waals surface area contributed by atoms with Crippen molar-refractivity contribution in [2.75, 3.05) is 13.7 Å². The van der Waals surface area contributed by atoms with Crippen molar-refractivity contribution in [1.29, 1.82) is 0 Å². The number of nitrogens with one attached hydrogen (secondary N) is 1. The van der Waals surface area contributed by atoms with Crippen molar-refractivity contribution >= 4 is 11.6 Å². The minimum Gasteiger partial charge on any atom is -0.376 e. The molecule has 1 unspecified atom stereocenters. The van der Waals surface area contributed by atoms with Gasteiger partial charge in [0.2, 0.25) is 0 Å².